The molecule has 0 fully saturated rings. The predicted octanol–water partition coefficient (Wildman–Crippen LogP) is 6.42. The summed E-state index contributed by atoms with van der Waals surface area (Å²) in [6.07, 6.45) is 4.81. The van der Waals surface area contributed by atoms with Gasteiger partial charge in [-0.2, -0.15) is 0 Å². The second kappa shape index (κ2) is 11.2. The highest BCUT2D eigenvalue weighted by molar-refractivity contribution is 7.87. The minimum absolute atomic E-state index is 0.190. The number of unbranched alkanes of at least 4 members (excludes halogenated alkanes) is 1. The molecule has 1 atom stereocenters. The number of thiophene rings is 1. The van der Waals surface area contributed by atoms with E-state index < -0.39 is 10.8 Å². The summed E-state index contributed by atoms with van der Waals surface area (Å²) in [5.41, 5.74) is 10.7. The van der Waals surface area contributed by atoms with Gasteiger partial charge in [0.15, 0.2) is 0 Å². The number of carbonyl (C=O) groups excluding carboxylic acids is 1. The van der Waals surface area contributed by atoms with E-state index in [9.17, 15) is 9.00 Å². The molecule has 0 amide bonds. The number of esters is 1. The van der Waals surface area contributed by atoms with Crippen LogP contribution in [0.15, 0.2) is 46.1 Å². The predicted molar refractivity (Wildman–Crippen MR) is 141 cm³/mol. The molecule has 3 heterocycles. The number of aromatic nitrogens is 2. The van der Waals surface area contributed by atoms with Crippen molar-refractivity contribution >= 4 is 55.3 Å². The Morgan fingerprint density at radius 3 is 2.65 bits per heavy atom. The molecule has 0 bridgehead atoms. The first-order chi connectivity index (χ1) is 16.5. The Morgan fingerprint density at radius 1 is 1.18 bits per heavy atom. The van der Waals surface area contributed by atoms with E-state index in [1.807, 2.05) is 42.6 Å². The van der Waals surface area contributed by atoms with Gasteiger partial charge in [-0.15, -0.1) is 22.7 Å². The third kappa shape index (κ3) is 5.37. The molecular weight excluding hydrogens is 486 g/mol. The van der Waals surface area contributed by atoms with Crippen LogP contribution in [0.3, 0.4) is 0 Å². The maximum Gasteiger partial charge on any atom is 0.306 e. The van der Waals surface area contributed by atoms with Gasteiger partial charge in [-0.3, -0.25) is 9.00 Å². The molecule has 1 aromatic carbocycles. The van der Waals surface area contributed by atoms with Crippen LogP contribution in [0, 0.1) is 0 Å². The van der Waals surface area contributed by atoms with Crippen LogP contribution < -0.4 is 5.73 Å². The highest BCUT2D eigenvalue weighted by Crippen LogP contribution is 2.43. The maximum absolute atomic E-state index is 12.9. The molecule has 178 valence electrons. The molecule has 34 heavy (non-hydrogen) atoms. The molecular formula is C25H27N3O3S3. The van der Waals surface area contributed by atoms with E-state index in [1.54, 1.807) is 6.20 Å². The number of carbonyl (C=O) groups is 1. The molecule has 1 unspecified atom stereocenters. The van der Waals surface area contributed by atoms with Gasteiger partial charge in [-0.05, 0) is 35.6 Å². The van der Waals surface area contributed by atoms with Crippen LogP contribution in [-0.4, -0.2) is 25.9 Å². The summed E-state index contributed by atoms with van der Waals surface area (Å²) in [7, 11) is -1.16. The Hall–Kier alpha value is -2.62. The van der Waals surface area contributed by atoms with Gasteiger partial charge in [0.1, 0.15) is 26.3 Å². The van der Waals surface area contributed by atoms with Crippen molar-refractivity contribution in [3.05, 3.63) is 47.5 Å². The van der Waals surface area contributed by atoms with Crippen molar-refractivity contribution < 1.29 is 13.7 Å². The minimum Gasteiger partial charge on any atom is -0.461 e. The molecule has 2 N–H and O–H groups in total. The number of ether oxygens (including phenoxy) is 1. The molecule has 4 aromatic rings. The van der Waals surface area contributed by atoms with Gasteiger partial charge in [0.25, 0.3) is 0 Å². The molecule has 0 aliphatic rings. The van der Waals surface area contributed by atoms with Crippen LogP contribution in [-0.2, 0) is 26.9 Å². The quantitative estimate of drug-likeness (QED) is 0.246. The maximum atomic E-state index is 12.9. The van der Waals surface area contributed by atoms with Gasteiger partial charge in [0.2, 0.25) is 0 Å². The molecule has 4 rings (SSSR count). The normalized spacial score (nSPS) is 12.2. The summed E-state index contributed by atoms with van der Waals surface area (Å²) in [5, 5.41) is 3.57. The molecule has 3 aromatic heterocycles. The number of fused-ring (bicyclic) bond motifs is 1. The third-order valence-corrected chi connectivity index (χ3v) is 9.12. The average molecular weight is 514 g/mol. The molecule has 0 aliphatic heterocycles. The van der Waals surface area contributed by atoms with Gasteiger partial charge in [0.05, 0.1) is 16.5 Å². The van der Waals surface area contributed by atoms with Crippen molar-refractivity contribution in [2.45, 2.75) is 50.3 Å². The van der Waals surface area contributed by atoms with Crippen molar-refractivity contribution in [3.8, 4) is 21.8 Å². The minimum atomic E-state index is -1.16. The van der Waals surface area contributed by atoms with Gasteiger partial charge in [0, 0.05) is 29.1 Å². The van der Waals surface area contributed by atoms with Crippen molar-refractivity contribution in [1.82, 2.24) is 9.97 Å². The first-order valence-corrected chi connectivity index (χ1v) is 14.3. The first-order valence-electron chi connectivity index (χ1n) is 11.3. The monoisotopic (exact) mass is 513 g/mol. The molecule has 6 nitrogen and oxygen atoms in total. The van der Waals surface area contributed by atoms with Crippen molar-refractivity contribution in [3.63, 3.8) is 0 Å². The fourth-order valence-electron chi connectivity index (χ4n) is 3.55. The average Bonchev–Trinajstić information content (AvgIpc) is 3.50. The third-order valence-electron chi connectivity index (χ3n) is 5.33. The first kappa shape index (κ1) is 24.5. The van der Waals surface area contributed by atoms with Crippen molar-refractivity contribution in [2.24, 2.45) is 0 Å². The van der Waals surface area contributed by atoms with Gasteiger partial charge in [-0.25, -0.2) is 9.97 Å². The number of rotatable bonds is 10. The summed E-state index contributed by atoms with van der Waals surface area (Å²) < 4.78 is 18.9. The summed E-state index contributed by atoms with van der Waals surface area (Å²) in [6.45, 7) is 4.28. The zero-order valence-electron chi connectivity index (χ0n) is 19.2. The zero-order chi connectivity index (χ0) is 24.1. The van der Waals surface area contributed by atoms with Crippen molar-refractivity contribution in [2.75, 3.05) is 11.5 Å². The topological polar surface area (TPSA) is 95.2 Å². The number of nitrogens with zero attached hydrogens (tertiary/aromatic N) is 2. The lowest BCUT2D eigenvalue weighted by Gasteiger charge is -2.09. The van der Waals surface area contributed by atoms with Crippen LogP contribution in [0.4, 0.5) is 5.69 Å². The molecule has 0 saturated carbocycles. The number of hydrogen-bond donors (Lipinski definition) is 1. The highest BCUT2D eigenvalue weighted by atomic mass is 32.2. The lowest BCUT2D eigenvalue weighted by molar-refractivity contribution is -0.144. The molecule has 0 saturated heterocycles. The lowest BCUT2D eigenvalue weighted by atomic mass is 10.0. The van der Waals surface area contributed by atoms with E-state index in [4.69, 9.17) is 15.5 Å². The number of nitrogen functional groups attached to an aromatic ring is 1. The number of pyridine rings is 1. The summed E-state index contributed by atoms with van der Waals surface area (Å²) in [5.74, 6) is 0.401. The fourth-order valence-corrected chi connectivity index (χ4v) is 6.94. The van der Waals surface area contributed by atoms with Crippen LogP contribution in [0.2, 0.25) is 0 Å². The summed E-state index contributed by atoms with van der Waals surface area (Å²) in [4.78, 5) is 21.7. The number of benzene rings is 1. The van der Waals surface area contributed by atoms with E-state index in [-0.39, 0.29) is 12.6 Å². The van der Waals surface area contributed by atoms with Gasteiger partial charge < -0.3 is 10.5 Å². The number of nitrogens with two attached hydrogens (primary N) is 1. The summed E-state index contributed by atoms with van der Waals surface area (Å²) >= 11 is 2.93. The molecule has 0 spiro atoms. The van der Waals surface area contributed by atoms with Crippen molar-refractivity contribution in [1.29, 1.82) is 0 Å². The van der Waals surface area contributed by atoms with Crippen LogP contribution in [0.25, 0.3) is 32.0 Å². The van der Waals surface area contributed by atoms with Crippen LogP contribution in [0.1, 0.15) is 45.1 Å². The molecule has 9 heteroatoms. The lowest BCUT2D eigenvalue weighted by Crippen LogP contribution is -2.03. The van der Waals surface area contributed by atoms with E-state index in [0.29, 0.717) is 22.1 Å². The summed E-state index contributed by atoms with van der Waals surface area (Å²) in [6, 6.07) is 9.89. The standard InChI is InChI=1S/C25H27N3O3S3/c1-3-5-13-34(30)25-22(26)21-18(14-19(28-24(21)33-25)23-27-11-12-32-23)17-9-7-16(8-10-17)15-31-20(29)6-4-2/h7-12,14H,3-6,13,15,26H2,1-2H3. The Morgan fingerprint density at radius 2 is 1.97 bits per heavy atom. The van der Waals surface area contributed by atoms with E-state index in [0.717, 1.165) is 56.9 Å². The fraction of sp³-hybridized carbons (Fsp3) is 0.320. The number of hydrogen-bond acceptors (Lipinski definition) is 8. The second-order valence-electron chi connectivity index (χ2n) is 7.89. The SMILES string of the molecule is CCCCS(=O)c1sc2nc(-c3nccs3)cc(-c3ccc(COC(=O)CCC)cc3)c2c1N. The van der Waals surface area contributed by atoms with Gasteiger partial charge in [-0.1, -0.05) is 44.5 Å². The Labute approximate surface area is 209 Å². The highest BCUT2D eigenvalue weighted by Gasteiger charge is 2.21. The Kier molecular flexibility index (Phi) is 8.07. The second-order valence-corrected chi connectivity index (χ2v) is 11.5. The van der Waals surface area contributed by atoms with Gasteiger partial charge >= 0.3 is 5.97 Å². The number of thiazole rings is 1. The van der Waals surface area contributed by atoms with Crippen LogP contribution in [0.5, 0.6) is 0 Å². The van der Waals surface area contributed by atoms with E-state index >= 15 is 0 Å². The van der Waals surface area contributed by atoms with E-state index in [1.165, 1.54) is 22.7 Å². The Bertz CT molecular complexity index is 1300. The Balaban J connectivity index is 1.75. The number of anilines is 1. The largest absolute Gasteiger partial charge is 0.461 e. The smallest absolute Gasteiger partial charge is 0.306 e. The zero-order valence-corrected chi connectivity index (χ0v) is 21.7. The molecule has 0 aliphatic carbocycles. The van der Waals surface area contributed by atoms with E-state index in [2.05, 4.69) is 11.9 Å². The van der Waals surface area contributed by atoms with Crippen LogP contribution >= 0.6 is 22.7 Å². The molecule has 0 radical (unpaired) electrons.